The molecule has 1 amide bonds. The Morgan fingerprint density at radius 3 is 2.41 bits per heavy atom. The van der Waals surface area contributed by atoms with Gasteiger partial charge in [-0.3, -0.25) is 9.89 Å². The number of nitrogens with one attached hydrogen (secondary N) is 1. The third-order valence-electron chi connectivity index (χ3n) is 4.79. The molecule has 1 aromatic heterocycles. The van der Waals surface area contributed by atoms with E-state index in [9.17, 15) is 13.6 Å². The number of rotatable bonds is 3. The zero-order valence-corrected chi connectivity index (χ0v) is 14.5. The second-order valence-corrected chi connectivity index (χ2v) is 6.65. The van der Waals surface area contributed by atoms with E-state index in [0.717, 1.165) is 18.4 Å². The van der Waals surface area contributed by atoms with Gasteiger partial charge in [0.15, 0.2) is 5.82 Å². The maximum atomic E-state index is 13.1. The number of aromatic nitrogens is 3. The number of likely N-dealkylation sites (tertiary alicyclic amines) is 1. The minimum absolute atomic E-state index is 0.0462. The number of hydrogen-bond acceptors (Lipinski definition) is 3. The van der Waals surface area contributed by atoms with Crippen molar-refractivity contribution in [2.24, 2.45) is 0 Å². The highest BCUT2D eigenvalue weighted by atomic mass is 19.1. The second-order valence-electron chi connectivity index (χ2n) is 6.65. The first-order valence-corrected chi connectivity index (χ1v) is 8.83. The van der Waals surface area contributed by atoms with Crippen molar-refractivity contribution in [3.63, 3.8) is 0 Å². The molecule has 0 radical (unpaired) electrons. The fraction of sp³-hybridized carbons (Fsp3) is 0.250. The number of hydrogen-bond donors (Lipinski definition) is 1. The summed E-state index contributed by atoms with van der Waals surface area (Å²) in [7, 11) is 0. The number of nitrogens with zero attached hydrogens (tertiary/aromatic N) is 3. The van der Waals surface area contributed by atoms with Gasteiger partial charge in [-0.25, -0.2) is 13.8 Å². The number of piperidine rings is 1. The Hall–Kier alpha value is -3.09. The minimum atomic E-state index is -0.363. The highest BCUT2D eigenvalue weighted by molar-refractivity contribution is 5.94. The molecule has 1 unspecified atom stereocenters. The van der Waals surface area contributed by atoms with E-state index in [4.69, 9.17) is 0 Å². The first kappa shape index (κ1) is 17.3. The molecule has 1 atom stereocenters. The van der Waals surface area contributed by atoms with Crippen LogP contribution in [-0.4, -0.2) is 39.1 Å². The predicted molar refractivity (Wildman–Crippen MR) is 96.1 cm³/mol. The topological polar surface area (TPSA) is 61.9 Å². The average Bonchev–Trinajstić information content (AvgIpc) is 3.19. The van der Waals surface area contributed by atoms with Gasteiger partial charge in [0.05, 0.1) is 0 Å². The van der Waals surface area contributed by atoms with Gasteiger partial charge in [0.2, 0.25) is 0 Å². The lowest BCUT2D eigenvalue weighted by Gasteiger charge is -2.31. The van der Waals surface area contributed by atoms with Gasteiger partial charge in [0.25, 0.3) is 5.91 Å². The van der Waals surface area contributed by atoms with Crippen molar-refractivity contribution in [1.29, 1.82) is 0 Å². The lowest BCUT2D eigenvalue weighted by atomic mass is 9.96. The van der Waals surface area contributed by atoms with E-state index in [1.54, 1.807) is 17.0 Å². The fourth-order valence-electron chi connectivity index (χ4n) is 3.34. The first-order valence-electron chi connectivity index (χ1n) is 8.83. The third kappa shape index (κ3) is 3.72. The van der Waals surface area contributed by atoms with Crippen molar-refractivity contribution >= 4 is 5.91 Å². The number of halogens is 2. The molecule has 0 saturated carbocycles. The summed E-state index contributed by atoms with van der Waals surface area (Å²) >= 11 is 0. The first-order chi connectivity index (χ1) is 13.1. The summed E-state index contributed by atoms with van der Waals surface area (Å²) in [5.74, 6) is 0.482. The van der Waals surface area contributed by atoms with Crippen molar-refractivity contribution in [3.05, 3.63) is 71.6 Å². The van der Waals surface area contributed by atoms with Crippen LogP contribution in [0.25, 0.3) is 11.4 Å². The molecule has 27 heavy (non-hydrogen) atoms. The molecule has 1 aliphatic heterocycles. The number of amides is 1. The van der Waals surface area contributed by atoms with Crippen molar-refractivity contribution in [2.45, 2.75) is 18.8 Å². The fourth-order valence-corrected chi connectivity index (χ4v) is 3.34. The zero-order valence-electron chi connectivity index (χ0n) is 14.5. The van der Waals surface area contributed by atoms with Gasteiger partial charge in [-0.05, 0) is 61.4 Å². The van der Waals surface area contributed by atoms with E-state index < -0.39 is 0 Å². The number of H-pyrrole nitrogens is 1. The molecule has 0 bridgehead atoms. The van der Waals surface area contributed by atoms with Gasteiger partial charge in [0, 0.05) is 30.1 Å². The quantitative estimate of drug-likeness (QED) is 0.766. The van der Waals surface area contributed by atoms with E-state index in [0.29, 0.717) is 30.3 Å². The number of benzene rings is 2. The van der Waals surface area contributed by atoms with E-state index in [1.165, 1.54) is 36.4 Å². The third-order valence-corrected chi connectivity index (χ3v) is 4.79. The standard InChI is InChI=1S/C20H18F2N4O/c21-16-7-3-13(4-8-16)18-23-19(25-24-18)15-2-1-11-26(12-15)20(27)14-5-9-17(22)10-6-14/h3-10,15H,1-2,11-12H2,(H,23,24,25). The van der Waals surface area contributed by atoms with Crippen LogP contribution in [0.15, 0.2) is 48.5 Å². The number of carbonyl (C=O) groups excluding carboxylic acids is 1. The summed E-state index contributed by atoms with van der Waals surface area (Å²) in [6, 6.07) is 11.6. The van der Waals surface area contributed by atoms with Gasteiger partial charge in [-0.15, -0.1) is 0 Å². The summed E-state index contributed by atoms with van der Waals surface area (Å²) in [5, 5.41) is 7.18. The molecule has 138 valence electrons. The molecule has 7 heteroatoms. The maximum Gasteiger partial charge on any atom is 0.253 e. The Labute approximate surface area is 155 Å². The summed E-state index contributed by atoms with van der Waals surface area (Å²) in [6.07, 6.45) is 1.75. The maximum absolute atomic E-state index is 13.1. The highest BCUT2D eigenvalue weighted by Gasteiger charge is 2.27. The molecule has 4 rings (SSSR count). The molecule has 2 heterocycles. The van der Waals surface area contributed by atoms with Crippen LogP contribution < -0.4 is 0 Å². The Bertz CT molecular complexity index is 937. The predicted octanol–water partition coefficient (Wildman–Crippen LogP) is 3.77. The zero-order chi connectivity index (χ0) is 18.8. The minimum Gasteiger partial charge on any atom is -0.338 e. The van der Waals surface area contributed by atoms with E-state index >= 15 is 0 Å². The lowest BCUT2D eigenvalue weighted by Crippen LogP contribution is -2.39. The molecule has 0 aliphatic carbocycles. The van der Waals surface area contributed by atoms with Crippen LogP contribution in [0.2, 0.25) is 0 Å². The molecule has 0 spiro atoms. The van der Waals surface area contributed by atoms with Gasteiger partial charge in [-0.1, -0.05) is 0 Å². The van der Waals surface area contributed by atoms with Crippen molar-refractivity contribution in [2.75, 3.05) is 13.1 Å². The molecule has 1 N–H and O–H groups in total. The number of aromatic amines is 1. The normalized spacial score (nSPS) is 17.1. The summed E-state index contributed by atoms with van der Waals surface area (Å²) < 4.78 is 26.1. The van der Waals surface area contributed by atoms with Gasteiger partial charge in [0.1, 0.15) is 17.5 Å². The lowest BCUT2D eigenvalue weighted by molar-refractivity contribution is 0.0704. The second kappa shape index (κ2) is 7.26. The molecule has 1 saturated heterocycles. The van der Waals surface area contributed by atoms with Crippen LogP contribution in [0, 0.1) is 11.6 Å². The number of carbonyl (C=O) groups is 1. The molecule has 1 aliphatic rings. The van der Waals surface area contributed by atoms with Crippen molar-refractivity contribution in [1.82, 2.24) is 20.1 Å². The molecule has 2 aromatic carbocycles. The van der Waals surface area contributed by atoms with Crippen molar-refractivity contribution in [3.8, 4) is 11.4 Å². The van der Waals surface area contributed by atoms with Gasteiger partial charge < -0.3 is 4.90 Å². The van der Waals surface area contributed by atoms with Crippen LogP contribution in [0.5, 0.6) is 0 Å². The summed E-state index contributed by atoms with van der Waals surface area (Å²) in [5.41, 5.74) is 1.20. The van der Waals surface area contributed by atoms with E-state index in [-0.39, 0.29) is 23.5 Å². The average molecular weight is 368 g/mol. The Kier molecular flexibility index (Phi) is 4.66. The van der Waals surface area contributed by atoms with Crippen LogP contribution in [0.3, 0.4) is 0 Å². The largest absolute Gasteiger partial charge is 0.338 e. The Morgan fingerprint density at radius 2 is 1.70 bits per heavy atom. The molecular weight excluding hydrogens is 350 g/mol. The Balaban J connectivity index is 1.49. The smallest absolute Gasteiger partial charge is 0.253 e. The molecule has 3 aromatic rings. The SMILES string of the molecule is O=C(c1ccc(F)cc1)N1CCCC(c2nc(-c3ccc(F)cc3)n[nH]2)C1. The van der Waals surface area contributed by atoms with Crippen LogP contribution in [0.4, 0.5) is 8.78 Å². The molecular formula is C20H18F2N4O. The highest BCUT2D eigenvalue weighted by Crippen LogP contribution is 2.27. The van der Waals surface area contributed by atoms with Crippen LogP contribution >= 0.6 is 0 Å². The van der Waals surface area contributed by atoms with E-state index in [2.05, 4.69) is 15.2 Å². The molecule has 5 nitrogen and oxygen atoms in total. The monoisotopic (exact) mass is 368 g/mol. The van der Waals surface area contributed by atoms with Crippen molar-refractivity contribution < 1.29 is 13.6 Å². The van der Waals surface area contributed by atoms with Crippen LogP contribution in [-0.2, 0) is 0 Å². The van der Waals surface area contributed by atoms with Gasteiger partial charge >= 0.3 is 0 Å². The summed E-state index contributed by atoms with van der Waals surface area (Å²) in [4.78, 5) is 19.0. The van der Waals surface area contributed by atoms with Gasteiger partial charge in [-0.2, -0.15) is 5.10 Å². The summed E-state index contributed by atoms with van der Waals surface area (Å²) in [6.45, 7) is 1.18. The van der Waals surface area contributed by atoms with Crippen LogP contribution in [0.1, 0.15) is 34.9 Å². The Morgan fingerprint density at radius 1 is 1.04 bits per heavy atom. The molecule has 1 fully saturated rings. The van der Waals surface area contributed by atoms with E-state index in [1.807, 2.05) is 0 Å².